The first-order valence-electron chi connectivity index (χ1n) is 10.1. The van der Waals surface area contributed by atoms with E-state index in [2.05, 4.69) is 17.6 Å². The summed E-state index contributed by atoms with van der Waals surface area (Å²) in [5.41, 5.74) is 4.30. The van der Waals surface area contributed by atoms with Crippen LogP contribution >= 0.6 is 0 Å². The highest BCUT2D eigenvalue weighted by atomic mass is 16.5. The van der Waals surface area contributed by atoms with Gasteiger partial charge in [0, 0.05) is 35.6 Å². The van der Waals surface area contributed by atoms with Gasteiger partial charge in [-0.05, 0) is 17.7 Å². The van der Waals surface area contributed by atoms with Crippen LogP contribution in [0.5, 0.6) is 5.75 Å². The molecule has 0 amide bonds. The fraction of sp³-hybridized carbons (Fsp3) is 0.435. The van der Waals surface area contributed by atoms with Crippen molar-refractivity contribution in [1.82, 2.24) is 4.98 Å². The minimum Gasteiger partial charge on any atom is -0.504 e. The van der Waals surface area contributed by atoms with Crippen molar-refractivity contribution in [3.05, 3.63) is 53.9 Å². The van der Waals surface area contributed by atoms with Crippen molar-refractivity contribution in [3.63, 3.8) is 0 Å². The Morgan fingerprint density at radius 2 is 2.14 bits per heavy atom. The molecule has 0 radical (unpaired) electrons. The van der Waals surface area contributed by atoms with Crippen molar-refractivity contribution in [2.24, 2.45) is 11.8 Å². The number of aromatic amines is 1. The maximum absolute atomic E-state index is 12.5. The van der Waals surface area contributed by atoms with Gasteiger partial charge >= 0.3 is 5.97 Å². The van der Waals surface area contributed by atoms with Crippen LogP contribution in [0.25, 0.3) is 10.9 Å². The average molecular weight is 397 g/mol. The molecule has 0 aliphatic carbocycles. The summed E-state index contributed by atoms with van der Waals surface area (Å²) in [6, 6.07) is 6.42. The molecule has 2 aliphatic rings. The minimum absolute atomic E-state index is 0.00732. The fourth-order valence-electron chi connectivity index (χ4n) is 5.23. The molecule has 1 saturated heterocycles. The predicted octanol–water partition coefficient (Wildman–Crippen LogP) is 2.18. The molecule has 0 bridgehead atoms. The van der Waals surface area contributed by atoms with E-state index < -0.39 is 0 Å². The lowest BCUT2D eigenvalue weighted by atomic mass is 9.75. The number of rotatable bonds is 5. The van der Waals surface area contributed by atoms with Crippen LogP contribution in [0.4, 0.5) is 0 Å². The largest absolute Gasteiger partial charge is 0.504 e. The third kappa shape index (κ3) is 3.21. The number of carbonyl (C=O) groups excluding carboxylic acids is 1. The van der Waals surface area contributed by atoms with Crippen molar-refractivity contribution in [2.75, 3.05) is 34.4 Å². The second-order valence-corrected chi connectivity index (χ2v) is 7.86. The van der Waals surface area contributed by atoms with Gasteiger partial charge in [0.15, 0.2) is 0 Å². The molecule has 3 heterocycles. The molecule has 1 aromatic heterocycles. The molecule has 0 spiro atoms. The molecule has 154 valence electrons. The van der Waals surface area contributed by atoms with Crippen LogP contribution < -0.4 is 9.64 Å². The number of ether oxygens (including phenoxy) is 3. The number of hydrogen-bond donors (Lipinski definition) is 2. The van der Waals surface area contributed by atoms with Crippen LogP contribution in [0.15, 0.2) is 42.7 Å². The maximum Gasteiger partial charge on any atom is 0.337 e. The highest BCUT2D eigenvalue weighted by Crippen LogP contribution is 2.40. The van der Waals surface area contributed by atoms with Gasteiger partial charge in [-0.3, -0.25) is 0 Å². The van der Waals surface area contributed by atoms with Crippen molar-refractivity contribution in [1.29, 1.82) is 0 Å². The van der Waals surface area contributed by atoms with Crippen LogP contribution in [0, 0.1) is 11.8 Å². The highest BCUT2D eigenvalue weighted by molar-refractivity contribution is 5.91. The topological polar surface area (TPSA) is 65.0 Å². The fourth-order valence-corrected chi connectivity index (χ4v) is 5.23. The van der Waals surface area contributed by atoms with Crippen LogP contribution in [-0.4, -0.2) is 45.4 Å². The van der Waals surface area contributed by atoms with Gasteiger partial charge in [0.2, 0.25) is 0 Å². The molecule has 2 N–H and O–H groups in total. The predicted molar refractivity (Wildman–Crippen MR) is 111 cm³/mol. The number of benzene rings is 1. The first-order valence-corrected chi connectivity index (χ1v) is 10.1. The number of H-pyrrole nitrogens is 1. The molecule has 6 nitrogen and oxygen atoms in total. The van der Waals surface area contributed by atoms with Gasteiger partial charge in [-0.25, -0.2) is 4.79 Å². The quantitative estimate of drug-likeness (QED) is 0.351. The summed E-state index contributed by atoms with van der Waals surface area (Å²) in [6.07, 6.45) is 5.35. The zero-order valence-electron chi connectivity index (χ0n) is 17.3. The molecule has 2 aromatic rings. The van der Waals surface area contributed by atoms with E-state index in [1.165, 1.54) is 34.9 Å². The second kappa shape index (κ2) is 7.95. The van der Waals surface area contributed by atoms with Crippen LogP contribution in [-0.2, 0) is 20.7 Å². The first-order chi connectivity index (χ1) is 14.1. The summed E-state index contributed by atoms with van der Waals surface area (Å²) in [5.74, 6) is 0.783. The number of methoxy groups -OCH3 is 3. The standard InChI is InChI=1S/C23H28N2O4/c1-5-14-12-25-10-9-15-21-18(7-6-8-20(21)28-3)24-22(15)19(25)11-16(14)17(13-27-2)23(26)29-4/h5-8,13-14,16,19,24H,1,9-12H2,2-4H3/p+1/b17-13+/t14-,16-,19?/m0/s1. The molecule has 4 rings (SSSR count). The van der Waals surface area contributed by atoms with Gasteiger partial charge in [0.25, 0.3) is 0 Å². The number of quaternary nitrogens is 1. The van der Waals surface area contributed by atoms with Gasteiger partial charge in [0.05, 0.1) is 51.9 Å². The van der Waals surface area contributed by atoms with E-state index in [4.69, 9.17) is 14.2 Å². The second-order valence-electron chi connectivity index (χ2n) is 7.86. The summed E-state index contributed by atoms with van der Waals surface area (Å²) < 4.78 is 15.9. The Morgan fingerprint density at radius 1 is 1.31 bits per heavy atom. The van der Waals surface area contributed by atoms with Crippen LogP contribution in [0.3, 0.4) is 0 Å². The monoisotopic (exact) mass is 397 g/mol. The molecule has 1 fully saturated rings. The van der Waals surface area contributed by atoms with Crippen molar-refractivity contribution in [3.8, 4) is 5.75 Å². The van der Waals surface area contributed by atoms with E-state index in [0.29, 0.717) is 5.57 Å². The summed E-state index contributed by atoms with van der Waals surface area (Å²) in [5, 5.41) is 1.19. The van der Waals surface area contributed by atoms with Crippen LogP contribution in [0.1, 0.15) is 23.7 Å². The molecule has 6 heteroatoms. The summed E-state index contributed by atoms with van der Waals surface area (Å²) in [4.78, 5) is 17.7. The lowest BCUT2D eigenvalue weighted by Crippen LogP contribution is -3.15. The van der Waals surface area contributed by atoms with E-state index in [-0.39, 0.29) is 23.8 Å². The smallest absolute Gasteiger partial charge is 0.337 e. The number of esters is 1. The molecular formula is C23H29N2O4+. The third-order valence-corrected chi connectivity index (χ3v) is 6.55. The number of nitrogens with one attached hydrogen (secondary N) is 2. The van der Waals surface area contributed by atoms with Crippen LogP contribution in [0.2, 0.25) is 0 Å². The Labute approximate surface area is 171 Å². The van der Waals surface area contributed by atoms with Gasteiger partial charge < -0.3 is 24.1 Å². The minimum atomic E-state index is -0.332. The van der Waals surface area contributed by atoms with E-state index >= 15 is 0 Å². The molecule has 4 atom stereocenters. The number of aromatic nitrogens is 1. The molecule has 0 saturated carbocycles. The third-order valence-electron chi connectivity index (χ3n) is 6.55. The van der Waals surface area contributed by atoms with Gasteiger partial charge in [-0.1, -0.05) is 12.1 Å². The first kappa shape index (κ1) is 19.6. The van der Waals surface area contributed by atoms with E-state index in [9.17, 15) is 4.79 Å². The Hall–Kier alpha value is -2.73. The summed E-state index contributed by atoms with van der Waals surface area (Å²) in [7, 11) is 4.70. The Morgan fingerprint density at radius 3 is 2.83 bits per heavy atom. The van der Waals surface area contributed by atoms with E-state index in [1.54, 1.807) is 14.2 Å². The van der Waals surface area contributed by atoms with Gasteiger partial charge in [-0.2, -0.15) is 0 Å². The zero-order valence-corrected chi connectivity index (χ0v) is 17.3. The van der Waals surface area contributed by atoms with E-state index in [0.717, 1.165) is 37.2 Å². The number of carbonyl (C=O) groups is 1. The van der Waals surface area contributed by atoms with Crippen molar-refractivity contribution >= 4 is 16.9 Å². The molecular weight excluding hydrogens is 368 g/mol. The number of fused-ring (bicyclic) bond motifs is 5. The van der Waals surface area contributed by atoms with Crippen molar-refractivity contribution < 1.29 is 23.9 Å². The molecule has 2 aliphatic heterocycles. The zero-order chi connectivity index (χ0) is 20.5. The SMILES string of the molecule is C=C[C@H]1C[NH+]2CCc3c([nH]c4cccc(OC)c34)C2C[C@@H]1/C(=C\OC)C(=O)OC. The summed E-state index contributed by atoms with van der Waals surface area (Å²) >= 11 is 0. The number of piperidine rings is 1. The average Bonchev–Trinajstić information content (AvgIpc) is 3.15. The lowest BCUT2D eigenvalue weighted by Gasteiger charge is -2.42. The normalized spacial score (nSPS) is 26.4. The number of hydrogen-bond acceptors (Lipinski definition) is 4. The Kier molecular flexibility index (Phi) is 5.37. The molecule has 1 aromatic carbocycles. The Balaban J connectivity index is 1.77. The maximum atomic E-state index is 12.5. The van der Waals surface area contributed by atoms with Gasteiger partial charge in [-0.15, -0.1) is 6.58 Å². The highest BCUT2D eigenvalue weighted by Gasteiger charge is 2.45. The lowest BCUT2D eigenvalue weighted by molar-refractivity contribution is -0.943. The van der Waals surface area contributed by atoms with Gasteiger partial charge in [0.1, 0.15) is 11.8 Å². The Bertz CT molecular complexity index is 961. The summed E-state index contributed by atoms with van der Waals surface area (Å²) in [6.45, 7) is 6.03. The molecule has 29 heavy (non-hydrogen) atoms. The van der Waals surface area contributed by atoms with Crippen molar-refractivity contribution in [2.45, 2.75) is 18.9 Å². The molecule has 2 unspecified atom stereocenters. The van der Waals surface area contributed by atoms with E-state index in [1.807, 2.05) is 18.2 Å².